The van der Waals surface area contributed by atoms with Crippen LogP contribution in [0, 0.1) is 0 Å². The van der Waals surface area contributed by atoms with E-state index in [0.717, 1.165) is 4.88 Å². The Morgan fingerprint density at radius 1 is 1.41 bits per heavy atom. The number of aromatic carboxylic acids is 1. The molecule has 88 valence electrons. The summed E-state index contributed by atoms with van der Waals surface area (Å²) in [5, 5.41) is 10.9. The molecule has 2 heterocycles. The van der Waals surface area contributed by atoms with Crippen LogP contribution in [0.5, 0.6) is 0 Å². The van der Waals surface area contributed by atoms with Crippen LogP contribution in [0.25, 0.3) is 10.6 Å². The van der Waals surface area contributed by atoms with Crippen LogP contribution < -0.4 is 4.90 Å². The Labute approximate surface area is 102 Å². The summed E-state index contributed by atoms with van der Waals surface area (Å²) in [6.45, 7) is 0. The van der Waals surface area contributed by atoms with Gasteiger partial charge in [-0.15, -0.1) is 11.3 Å². The number of anilines is 1. The highest BCUT2D eigenvalue weighted by molar-refractivity contribution is 7.13. The molecule has 5 nitrogen and oxygen atoms in total. The molecule has 2 rings (SSSR count). The van der Waals surface area contributed by atoms with Crippen LogP contribution in [0.1, 0.15) is 10.5 Å². The fraction of sp³-hybridized carbons (Fsp3) is 0.182. The van der Waals surface area contributed by atoms with E-state index in [9.17, 15) is 4.79 Å². The molecule has 0 amide bonds. The maximum Gasteiger partial charge on any atom is 0.354 e. The monoisotopic (exact) mass is 249 g/mol. The maximum atomic E-state index is 11.0. The van der Waals surface area contributed by atoms with Gasteiger partial charge in [-0.05, 0) is 17.5 Å². The van der Waals surface area contributed by atoms with Crippen LogP contribution in [-0.2, 0) is 0 Å². The Hall–Kier alpha value is -1.95. The summed E-state index contributed by atoms with van der Waals surface area (Å²) in [4.78, 5) is 21.9. The van der Waals surface area contributed by atoms with E-state index < -0.39 is 5.97 Å². The number of aromatic nitrogens is 2. The van der Waals surface area contributed by atoms with Gasteiger partial charge in [-0.1, -0.05) is 6.07 Å². The molecule has 17 heavy (non-hydrogen) atoms. The minimum Gasteiger partial charge on any atom is -0.477 e. The number of hydrogen-bond donors (Lipinski definition) is 1. The molecule has 2 aromatic rings. The summed E-state index contributed by atoms with van der Waals surface area (Å²) in [5.74, 6) is -0.651. The molecular weight excluding hydrogens is 238 g/mol. The van der Waals surface area contributed by atoms with Gasteiger partial charge in [0.1, 0.15) is 0 Å². The molecule has 0 bridgehead atoms. The summed E-state index contributed by atoms with van der Waals surface area (Å²) >= 11 is 1.52. The van der Waals surface area contributed by atoms with E-state index in [1.807, 2.05) is 17.5 Å². The van der Waals surface area contributed by atoms with Crippen molar-refractivity contribution in [3.05, 3.63) is 29.3 Å². The third-order valence-corrected chi connectivity index (χ3v) is 3.00. The molecule has 1 N–H and O–H groups in total. The number of hydrogen-bond acceptors (Lipinski definition) is 5. The quantitative estimate of drug-likeness (QED) is 0.900. The lowest BCUT2D eigenvalue weighted by atomic mass is 10.3. The minimum atomic E-state index is -1.05. The molecular formula is C11H11N3O2S. The van der Waals surface area contributed by atoms with Crippen LogP contribution >= 0.6 is 11.3 Å². The van der Waals surface area contributed by atoms with Gasteiger partial charge in [-0.25, -0.2) is 14.8 Å². The summed E-state index contributed by atoms with van der Waals surface area (Å²) in [7, 11) is 3.55. The normalized spacial score (nSPS) is 10.2. The first-order valence-electron chi connectivity index (χ1n) is 4.91. The van der Waals surface area contributed by atoms with Gasteiger partial charge in [-0.3, -0.25) is 0 Å². The molecule has 0 atom stereocenters. The minimum absolute atomic E-state index is 0.00657. The molecule has 0 spiro atoms. The van der Waals surface area contributed by atoms with Gasteiger partial charge < -0.3 is 10.0 Å². The second-order valence-electron chi connectivity index (χ2n) is 3.62. The van der Waals surface area contributed by atoms with Gasteiger partial charge in [0, 0.05) is 14.1 Å². The van der Waals surface area contributed by atoms with E-state index in [0.29, 0.717) is 11.6 Å². The SMILES string of the molecule is CN(C)c1nc(C(=O)O)cc(-c2cccs2)n1. The number of carboxylic acid groups (broad SMARTS) is 1. The highest BCUT2D eigenvalue weighted by atomic mass is 32.1. The van der Waals surface area contributed by atoms with Gasteiger partial charge in [-0.2, -0.15) is 0 Å². The average Bonchev–Trinajstić information content (AvgIpc) is 2.81. The topological polar surface area (TPSA) is 66.3 Å². The summed E-state index contributed by atoms with van der Waals surface area (Å²) < 4.78 is 0. The smallest absolute Gasteiger partial charge is 0.354 e. The molecule has 0 aliphatic heterocycles. The summed E-state index contributed by atoms with van der Waals surface area (Å²) in [6, 6.07) is 5.29. The molecule has 0 aliphatic carbocycles. The fourth-order valence-corrected chi connectivity index (χ4v) is 1.98. The van der Waals surface area contributed by atoms with Crippen LogP contribution in [0.3, 0.4) is 0 Å². The zero-order valence-electron chi connectivity index (χ0n) is 9.41. The second-order valence-corrected chi connectivity index (χ2v) is 4.56. The standard InChI is InChI=1S/C11H11N3O2S/c1-14(2)11-12-7(9-4-3-5-17-9)6-8(13-11)10(15)16/h3-6H,1-2H3,(H,15,16). The third-order valence-electron chi connectivity index (χ3n) is 2.11. The van der Waals surface area contributed by atoms with Crippen molar-refractivity contribution in [2.45, 2.75) is 0 Å². The number of rotatable bonds is 3. The number of thiophene rings is 1. The number of nitrogens with zero attached hydrogens (tertiary/aromatic N) is 3. The highest BCUT2D eigenvalue weighted by Gasteiger charge is 2.13. The van der Waals surface area contributed by atoms with Crippen LogP contribution in [0.4, 0.5) is 5.95 Å². The lowest BCUT2D eigenvalue weighted by Gasteiger charge is -2.11. The van der Waals surface area contributed by atoms with E-state index in [-0.39, 0.29) is 5.69 Å². The zero-order chi connectivity index (χ0) is 12.4. The van der Waals surface area contributed by atoms with E-state index in [1.54, 1.807) is 19.0 Å². The molecule has 0 aromatic carbocycles. The largest absolute Gasteiger partial charge is 0.477 e. The van der Waals surface area contributed by atoms with E-state index >= 15 is 0 Å². The van der Waals surface area contributed by atoms with Gasteiger partial charge in [0.25, 0.3) is 0 Å². The van der Waals surface area contributed by atoms with Gasteiger partial charge in [0.05, 0.1) is 10.6 Å². The lowest BCUT2D eigenvalue weighted by molar-refractivity contribution is 0.0690. The molecule has 2 aromatic heterocycles. The average molecular weight is 249 g/mol. The third kappa shape index (κ3) is 2.42. The Bertz CT molecular complexity index is 538. The summed E-state index contributed by atoms with van der Waals surface area (Å²) in [6.07, 6.45) is 0. The second kappa shape index (κ2) is 4.50. The van der Waals surface area contributed by atoms with E-state index in [2.05, 4.69) is 9.97 Å². The van der Waals surface area contributed by atoms with Crippen molar-refractivity contribution in [2.75, 3.05) is 19.0 Å². The lowest BCUT2D eigenvalue weighted by Crippen LogP contribution is -2.15. The Kier molecular flexibility index (Phi) is 3.06. The first kappa shape index (κ1) is 11.5. The van der Waals surface area contributed by atoms with Crippen molar-refractivity contribution < 1.29 is 9.90 Å². The Morgan fingerprint density at radius 2 is 2.18 bits per heavy atom. The molecule has 0 unspecified atom stereocenters. The van der Waals surface area contributed by atoms with Crippen molar-refractivity contribution in [1.29, 1.82) is 0 Å². The van der Waals surface area contributed by atoms with Gasteiger partial charge in [0.15, 0.2) is 5.69 Å². The van der Waals surface area contributed by atoms with Crippen molar-refractivity contribution in [2.24, 2.45) is 0 Å². The van der Waals surface area contributed by atoms with Crippen molar-refractivity contribution in [3.8, 4) is 10.6 Å². The molecule has 6 heteroatoms. The molecule has 0 saturated heterocycles. The molecule has 0 radical (unpaired) electrons. The first-order chi connectivity index (χ1) is 8.08. The zero-order valence-corrected chi connectivity index (χ0v) is 10.2. The predicted octanol–water partition coefficient (Wildman–Crippen LogP) is 1.97. The van der Waals surface area contributed by atoms with Crippen molar-refractivity contribution in [3.63, 3.8) is 0 Å². The highest BCUT2D eigenvalue weighted by Crippen LogP contribution is 2.24. The molecule has 0 aliphatic rings. The Morgan fingerprint density at radius 3 is 2.71 bits per heavy atom. The van der Waals surface area contributed by atoms with Crippen LogP contribution in [0.15, 0.2) is 23.6 Å². The fourth-order valence-electron chi connectivity index (χ4n) is 1.29. The first-order valence-corrected chi connectivity index (χ1v) is 5.79. The van der Waals surface area contributed by atoms with Crippen molar-refractivity contribution in [1.82, 2.24) is 9.97 Å². The maximum absolute atomic E-state index is 11.0. The van der Waals surface area contributed by atoms with Gasteiger partial charge >= 0.3 is 5.97 Å². The van der Waals surface area contributed by atoms with E-state index in [1.165, 1.54) is 17.4 Å². The van der Waals surface area contributed by atoms with Crippen molar-refractivity contribution >= 4 is 23.3 Å². The number of carboxylic acids is 1. The summed E-state index contributed by atoms with van der Waals surface area (Å²) in [5.41, 5.74) is 0.642. The molecule has 0 fully saturated rings. The van der Waals surface area contributed by atoms with Crippen LogP contribution in [-0.4, -0.2) is 35.1 Å². The number of carbonyl (C=O) groups is 1. The van der Waals surface area contributed by atoms with E-state index in [4.69, 9.17) is 5.11 Å². The van der Waals surface area contributed by atoms with Gasteiger partial charge in [0.2, 0.25) is 5.95 Å². The predicted molar refractivity (Wildman–Crippen MR) is 66.6 cm³/mol. The van der Waals surface area contributed by atoms with Crippen LogP contribution in [0.2, 0.25) is 0 Å². The Balaban J connectivity index is 2.56. The molecule has 0 saturated carbocycles.